The summed E-state index contributed by atoms with van der Waals surface area (Å²) < 4.78 is 12.0. The Bertz CT molecular complexity index is 1940. The second-order valence-electron chi connectivity index (χ2n) is 10.7. The fourth-order valence-electron chi connectivity index (χ4n) is 5.70. The van der Waals surface area contributed by atoms with Crippen molar-refractivity contribution in [3.8, 4) is 11.5 Å². The van der Waals surface area contributed by atoms with Gasteiger partial charge in [0, 0.05) is 21.5 Å². The molecule has 14 heteroatoms. The SMILES string of the molecule is CCOC(=O)c1ccc(N2C(=O)[C@@H]3[C@H](c4ccc(O)c(OCC)c4)c4sc(=O)n(CC(=O)Nc5ccc(Cl)cc5)c4S[C@@H]3C2=O)cc1. The summed E-state index contributed by atoms with van der Waals surface area (Å²) in [6, 6.07) is 17.2. The number of fused-ring (bicyclic) bond motifs is 2. The number of amides is 3. The van der Waals surface area contributed by atoms with Gasteiger partial charge in [0.15, 0.2) is 11.5 Å². The number of ether oxygens (including phenoxy) is 2. The first-order valence-corrected chi connectivity index (χ1v) is 16.7. The van der Waals surface area contributed by atoms with Gasteiger partial charge in [0.05, 0.1) is 35.4 Å². The first kappa shape index (κ1) is 32.4. The number of esters is 1. The zero-order valence-electron chi connectivity index (χ0n) is 25.1. The third-order valence-electron chi connectivity index (χ3n) is 7.76. The molecule has 0 saturated carbocycles. The van der Waals surface area contributed by atoms with Crippen molar-refractivity contribution < 1.29 is 33.8 Å². The van der Waals surface area contributed by atoms with Crippen LogP contribution in [0.2, 0.25) is 5.02 Å². The van der Waals surface area contributed by atoms with Crippen molar-refractivity contribution in [2.24, 2.45) is 5.92 Å². The molecule has 0 bridgehead atoms. The number of carbonyl (C=O) groups excluding carboxylic acids is 4. The highest BCUT2D eigenvalue weighted by Crippen LogP contribution is 2.54. The number of imide groups is 1. The van der Waals surface area contributed by atoms with Gasteiger partial charge in [0.2, 0.25) is 17.7 Å². The highest BCUT2D eigenvalue weighted by atomic mass is 35.5. The van der Waals surface area contributed by atoms with Gasteiger partial charge in [-0.3, -0.25) is 23.7 Å². The quantitative estimate of drug-likeness (QED) is 0.177. The van der Waals surface area contributed by atoms with E-state index < -0.39 is 45.6 Å². The van der Waals surface area contributed by atoms with Crippen LogP contribution in [0.4, 0.5) is 11.4 Å². The number of halogens is 1. The second kappa shape index (κ2) is 13.3. The van der Waals surface area contributed by atoms with E-state index in [0.717, 1.165) is 28.0 Å². The van der Waals surface area contributed by atoms with Crippen LogP contribution in [-0.2, 0) is 25.7 Å². The zero-order chi connectivity index (χ0) is 33.4. The van der Waals surface area contributed by atoms with E-state index in [1.54, 1.807) is 50.2 Å². The molecule has 3 atom stereocenters. The van der Waals surface area contributed by atoms with Crippen LogP contribution in [0.15, 0.2) is 76.6 Å². The molecule has 1 aromatic heterocycles. The van der Waals surface area contributed by atoms with Crippen LogP contribution >= 0.6 is 34.7 Å². The van der Waals surface area contributed by atoms with E-state index in [1.807, 2.05) is 0 Å². The zero-order valence-corrected chi connectivity index (χ0v) is 27.5. The predicted molar refractivity (Wildman–Crippen MR) is 178 cm³/mol. The normalized spacial score (nSPS) is 18.4. The molecule has 1 saturated heterocycles. The number of aromatic nitrogens is 1. The van der Waals surface area contributed by atoms with Crippen molar-refractivity contribution in [1.29, 1.82) is 0 Å². The number of anilines is 2. The lowest BCUT2D eigenvalue weighted by Crippen LogP contribution is -2.33. The number of aromatic hydroxyl groups is 1. The van der Waals surface area contributed by atoms with Crippen LogP contribution < -0.4 is 19.8 Å². The van der Waals surface area contributed by atoms with Crippen LogP contribution in [-0.4, -0.2) is 51.8 Å². The number of thioether (sulfide) groups is 1. The summed E-state index contributed by atoms with van der Waals surface area (Å²) in [5, 5.41) is 13.1. The molecule has 0 radical (unpaired) electrons. The Labute approximate surface area is 282 Å². The van der Waals surface area contributed by atoms with E-state index in [1.165, 1.54) is 34.9 Å². The fraction of sp³-hybridized carbons (Fsp3) is 0.242. The number of rotatable bonds is 9. The molecule has 3 heterocycles. The molecule has 2 aliphatic rings. The van der Waals surface area contributed by atoms with E-state index in [-0.39, 0.29) is 42.5 Å². The summed E-state index contributed by atoms with van der Waals surface area (Å²) in [6.07, 6.45) is 0. The highest BCUT2D eigenvalue weighted by molar-refractivity contribution is 8.00. The van der Waals surface area contributed by atoms with E-state index >= 15 is 0 Å². The lowest BCUT2D eigenvalue weighted by Gasteiger charge is -2.31. The van der Waals surface area contributed by atoms with E-state index in [9.17, 15) is 29.1 Å². The summed E-state index contributed by atoms with van der Waals surface area (Å²) in [4.78, 5) is 68.2. The van der Waals surface area contributed by atoms with Crippen molar-refractivity contribution in [1.82, 2.24) is 4.57 Å². The summed E-state index contributed by atoms with van der Waals surface area (Å²) >= 11 is 7.94. The molecule has 47 heavy (non-hydrogen) atoms. The molecule has 0 unspecified atom stereocenters. The number of nitrogens with one attached hydrogen (secondary N) is 1. The topological polar surface area (TPSA) is 144 Å². The van der Waals surface area contributed by atoms with Gasteiger partial charge in [-0.25, -0.2) is 9.69 Å². The summed E-state index contributed by atoms with van der Waals surface area (Å²) in [6.45, 7) is 3.60. The lowest BCUT2D eigenvalue weighted by atomic mass is 9.83. The molecule has 11 nitrogen and oxygen atoms in total. The van der Waals surface area contributed by atoms with Crippen molar-refractivity contribution in [3.63, 3.8) is 0 Å². The molecule has 3 amide bonds. The number of hydrogen-bond donors (Lipinski definition) is 2. The van der Waals surface area contributed by atoms with Gasteiger partial charge in [0.25, 0.3) is 0 Å². The Morgan fingerprint density at radius 2 is 1.68 bits per heavy atom. The van der Waals surface area contributed by atoms with E-state index in [2.05, 4.69) is 5.32 Å². The van der Waals surface area contributed by atoms with Crippen LogP contribution in [0.3, 0.4) is 0 Å². The molecule has 3 aromatic carbocycles. The number of benzene rings is 3. The van der Waals surface area contributed by atoms with Gasteiger partial charge in [-0.05, 0) is 80.1 Å². The highest BCUT2D eigenvalue weighted by Gasteiger charge is 2.57. The van der Waals surface area contributed by atoms with Crippen molar-refractivity contribution in [2.75, 3.05) is 23.4 Å². The van der Waals surface area contributed by atoms with Crippen LogP contribution in [0.25, 0.3) is 0 Å². The lowest BCUT2D eigenvalue weighted by molar-refractivity contribution is -0.122. The number of nitrogens with zero attached hydrogens (tertiary/aromatic N) is 2. The van der Waals surface area contributed by atoms with Gasteiger partial charge < -0.3 is 19.9 Å². The average Bonchev–Trinajstić information content (AvgIpc) is 3.49. The molecular weight excluding hydrogens is 666 g/mol. The number of thiazole rings is 1. The van der Waals surface area contributed by atoms with E-state index in [4.69, 9.17) is 21.1 Å². The van der Waals surface area contributed by atoms with E-state index in [0.29, 0.717) is 26.2 Å². The third-order valence-corrected chi connectivity index (χ3v) is 10.6. The molecular formula is C33H28ClN3O8S2. The minimum absolute atomic E-state index is 0.0978. The first-order chi connectivity index (χ1) is 22.6. The average molecular weight is 694 g/mol. The van der Waals surface area contributed by atoms with Gasteiger partial charge in [-0.15, -0.1) is 0 Å². The van der Waals surface area contributed by atoms with Gasteiger partial charge in [-0.2, -0.15) is 0 Å². The smallest absolute Gasteiger partial charge is 0.338 e. The van der Waals surface area contributed by atoms with Gasteiger partial charge >= 0.3 is 10.8 Å². The molecule has 4 aromatic rings. The standard InChI is InChI=1S/C33H28ClN3O8S2/c1-3-44-23-15-18(7-14-22(23)38)25-26-27(30(41)37(29(26)40)21-12-5-17(6-13-21)32(42)45-4-2)46-31-28(25)47-33(43)36(31)16-24(39)35-20-10-8-19(34)9-11-20/h5-15,25-27,38H,3-4,16H2,1-2H3,(H,35,39)/t25-,26+,27-/m0/s1. The number of phenols is 1. The molecule has 0 spiro atoms. The predicted octanol–water partition coefficient (Wildman–Crippen LogP) is 5.28. The summed E-state index contributed by atoms with van der Waals surface area (Å²) in [7, 11) is 0. The van der Waals surface area contributed by atoms with Crippen molar-refractivity contribution >= 4 is 69.8 Å². The molecule has 242 valence electrons. The number of phenolic OH excluding ortho intramolecular Hbond substituents is 1. The largest absolute Gasteiger partial charge is 0.504 e. The minimum Gasteiger partial charge on any atom is -0.504 e. The Morgan fingerprint density at radius 1 is 0.957 bits per heavy atom. The molecule has 1 fully saturated rings. The second-order valence-corrected chi connectivity index (χ2v) is 13.2. The van der Waals surface area contributed by atoms with Crippen LogP contribution in [0.5, 0.6) is 11.5 Å². The van der Waals surface area contributed by atoms with Crippen molar-refractivity contribution in [2.45, 2.75) is 36.6 Å². The minimum atomic E-state index is -0.936. The van der Waals surface area contributed by atoms with Crippen LogP contribution in [0, 0.1) is 5.92 Å². The molecule has 6 rings (SSSR count). The molecule has 2 N–H and O–H groups in total. The maximum absolute atomic E-state index is 14.2. The number of carbonyl (C=O) groups is 4. The van der Waals surface area contributed by atoms with Gasteiger partial charge in [0.1, 0.15) is 11.8 Å². The third kappa shape index (κ3) is 6.13. The Kier molecular flexibility index (Phi) is 9.13. The Hall–Kier alpha value is -4.59. The van der Waals surface area contributed by atoms with Crippen molar-refractivity contribution in [3.05, 3.63) is 97.4 Å². The maximum Gasteiger partial charge on any atom is 0.338 e. The Morgan fingerprint density at radius 3 is 2.36 bits per heavy atom. The molecule has 2 aliphatic heterocycles. The van der Waals surface area contributed by atoms with Gasteiger partial charge in [-0.1, -0.05) is 40.8 Å². The Balaban J connectivity index is 1.40. The molecule has 0 aliphatic carbocycles. The first-order valence-electron chi connectivity index (χ1n) is 14.7. The van der Waals surface area contributed by atoms with Crippen LogP contribution in [0.1, 0.15) is 40.6 Å². The summed E-state index contributed by atoms with van der Waals surface area (Å²) in [5.74, 6) is -3.56. The fourth-order valence-corrected chi connectivity index (χ4v) is 8.60. The monoisotopic (exact) mass is 693 g/mol. The number of hydrogen-bond acceptors (Lipinski definition) is 10. The maximum atomic E-state index is 14.2. The summed E-state index contributed by atoms with van der Waals surface area (Å²) in [5.41, 5.74) is 1.61.